The first-order chi connectivity index (χ1) is 8.04. The summed E-state index contributed by atoms with van der Waals surface area (Å²) < 4.78 is 6.62. The van der Waals surface area contributed by atoms with Crippen molar-refractivity contribution in [2.24, 2.45) is 7.05 Å². The van der Waals surface area contributed by atoms with Crippen LogP contribution in [0, 0.1) is 0 Å². The van der Waals surface area contributed by atoms with E-state index in [0.29, 0.717) is 27.7 Å². The number of nitrogens with zero attached hydrogens (tertiary/aromatic N) is 2. The zero-order valence-corrected chi connectivity index (χ0v) is 10.2. The second-order valence-electron chi connectivity index (χ2n) is 3.57. The Balaban J connectivity index is 2.63. The maximum atomic E-state index is 9.87. The monoisotopic (exact) mass is 253 g/mol. The summed E-state index contributed by atoms with van der Waals surface area (Å²) in [6.07, 6.45) is 1.58. The van der Waals surface area contributed by atoms with Gasteiger partial charge in [0, 0.05) is 24.2 Å². The number of hydrogen-bond donors (Lipinski definition) is 2. The summed E-state index contributed by atoms with van der Waals surface area (Å²) >= 11 is 5.90. The Hall–Kier alpha value is -1.88. The fraction of sp³-hybridized carbons (Fsp3) is 0.182. The zero-order chi connectivity index (χ0) is 12.6. The molecule has 6 heteroatoms. The van der Waals surface area contributed by atoms with E-state index in [0.717, 1.165) is 0 Å². The van der Waals surface area contributed by atoms with Gasteiger partial charge in [0.2, 0.25) is 0 Å². The van der Waals surface area contributed by atoms with Gasteiger partial charge in [0.1, 0.15) is 17.3 Å². The third-order valence-electron chi connectivity index (χ3n) is 2.54. The molecule has 17 heavy (non-hydrogen) atoms. The summed E-state index contributed by atoms with van der Waals surface area (Å²) in [7, 11) is 3.23. The van der Waals surface area contributed by atoms with Crippen LogP contribution >= 0.6 is 11.6 Å². The van der Waals surface area contributed by atoms with E-state index in [9.17, 15) is 5.11 Å². The maximum absolute atomic E-state index is 9.87. The molecular weight excluding hydrogens is 242 g/mol. The van der Waals surface area contributed by atoms with Gasteiger partial charge in [0.25, 0.3) is 0 Å². The molecule has 0 radical (unpaired) electrons. The summed E-state index contributed by atoms with van der Waals surface area (Å²) in [5.74, 6) is 0.975. The second-order valence-corrected chi connectivity index (χ2v) is 3.98. The van der Waals surface area contributed by atoms with Gasteiger partial charge in [0.05, 0.1) is 18.3 Å². The van der Waals surface area contributed by atoms with E-state index in [2.05, 4.69) is 5.10 Å². The molecule has 1 aromatic carbocycles. The third kappa shape index (κ3) is 1.89. The fourth-order valence-electron chi connectivity index (χ4n) is 1.57. The average molecular weight is 254 g/mol. The normalized spacial score (nSPS) is 10.5. The molecule has 3 N–H and O–H groups in total. The van der Waals surface area contributed by atoms with Crippen molar-refractivity contribution < 1.29 is 9.84 Å². The number of aromatic nitrogens is 2. The molecule has 1 aromatic heterocycles. The lowest BCUT2D eigenvalue weighted by atomic mass is 10.1. The number of methoxy groups -OCH3 is 1. The van der Waals surface area contributed by atoms with Crippen LogP contribution in [0.15, 0.2) is 18.3 Å². The minimum Gasteiger partial charge on any atom is -0.507 e. The molecule has 0 saturated carbocycles. The number of rotatable bonds is 2. The van der Waals surface area contributed by atoms with Crippen LogP contribution in [0.4, 0.5) is 5.82 Å². The Kier molecular flexibility index (Phi) is 2.85. The first-order valence-electron chi connectivity index (χ1n) is 4.89. The molecule has 2 aromatic rings. The Morgan fingerprint density at radius 2 is 2.12 bits per heavy atom. The minimum atomic E-state index is 0.0375. The molecular formula is C11H12ClN3O2. The van der Waals surface area contributed by atoms with Crippen LogP contribution < -0.4 is 10.5 Å². The molecule has 1 heterocycles. The number of nitrogens with two attached hydrogens (primary N) is 1. The van der Waals surface area contributed by atoms with Gasteiger partial charge in [-0.15, -0.1) is 0 Å². The van der Waals surface area contributed by atoms with Gasteiger partial charge in [-0.25, -0.2) is 0 Å². The van der Waals surface area contributed by atoms with Crippen molar-refractivity contribution >= 4 is 17.4 Å². The third-order valence-corrected chi connectivity index (χ3v) is 2.84. The van der Waals surface area contributed by atoms with Crippen LogP contribution in [0.1, 0.15) is 0 Å². The van der Waals surface area contributed by atoms with E-state index in [1.165, 1.54) is 17.9 Å². The summed E-state index contributed by atoms with van der Waals surface area (Å²) in [5, 5.41) is 14.2. The Morgan fingerprint density at radius 1 is 1.41 bits per heavy atom. The van der Waals surface area contributed by atoms with Crippen molar-refractivity contribution in [1.29, 1.82) is 0 Å². The Morgan fingerprint density at radius 3 is 2.65 bits per heavy atom. The summed E-state index contributed by atoms with van der Waals surface area (Å²) in [6.45, 7) is 0. The van der Waals surface area contributed by atoms with Gasteiger partial charge >= 0.3 is 0 Å². The molecule has 0 saturated heterocycles. The molecule has 0 atom stereocenters. The topological polar surface area (TPSA) is 73.3 Å². The average Bonchev–Trinajstić information content (AvgIpc) is 2.61. The van der Waals surface area contributed by atoms with Gasteiger partial charge < -0.3 is 15.6 Å². The van der Waals surface area contributed by atoms with Crippen molar-refractivity contribution in [3.05, 3.63) is 23.4 Å². The lowest BCUT2D eigenvalue weighted by molar-refractivity contribution is 0.413. The van der Waals surface area contributed by atoms with E-state index in [4.69, 9.17) is 22.1 Å². The molecule has 0 spiro atoms. The molecule has 0 aliphatic rings. The van der Waals surface area contributed by atoms with Crippen molar-refractivity contribution in [3.8, 4) is 22.6 Å². The van der Waals surface area contributed by atoms with Crippen LogP contribution in [0.5, 0.6) is 11.5 Å². The first kappa shape index (κ1) is 11.6. The summed E-state index contributed by atoms with van der Waals surface area (Å²) in [5.41, 5.74) is 7.03. The lowest BCUT2D eigenvalue weighted by Crippen LogP contribution is -1.98. The van der Waals surface area contributed by atoms with E-state index >= 15 is 0 Å². The number of ether oxygens (including phenoxy) is 1. The van der Waals surface area contributed by atoms with Crippen LogP contribution in [0.25, 0.3) is 11.1 Å². The highest BCUT2D eigenvalue weighted by Crippen LogP contribution is 2.39. The van der Waals surface area contributed by atoms with Crippen molar-refractivity contribution in [2.75, 3.05) is 12.8 Å². The standard InChI is InChI=1S/C11H12ClN3O2/c1-15-11(13)7(5-14-15)6-3-10(17-2)8(12)4-9(6)16/h3-5,16H,13H2,1-2H3. The van der Waals surface area contributed by atoms with Crippen molar-refractivity contribution in [3.63, 3.8) is 0 Å². The zero-order valence-electron chi connectivity index (χ0n) is 9.44. The predicted octanol–water partition coefficient (Wildman–Crippen LogP) is 2.04. The number of halogens is 1. The number of aryl methyl sites for hydroxylation is 1. The molecule has 0 aliphatic heterocycles. The second kappa shape index (κ2) is 4.18. The highest BCUT2D eigenvalue weighted by Gasteiger charge is 2.14. The molecule has 0 aliphatic carbocycles. The molecule has 0 fully saturated rings. The number of anilines is 1. The van der Waals surface area contributed by atoms with Crippen LogP contribution in [0.2, 0.25) is 5.02 Å². The fourth-order valence-corrected chi connectivity index (χ4v) is 1.80. The molecule has 0 bridgehead atoms. The SMILES string of the molecule is COc1cc(-c2cnn(C)c2N)c(O)cc1Cl. The summed E-state index contributed by atoms with van der Waals surface area (Å²) in [6, 6.07) is 3.05. The number of nitrogen functional groups attached to an aromatic ring is 1. The predicted molar refractivity (Wildman–Crippen MR) is 66.3 cm³/mol. The van der Waals surface area contributed by atoms with Crippen LogP contribution in [-0.4, -0.2) is 22.0 Å². The largest absolute Gasteiger partial charge is 0.507 e. The van der Waals surface area contributed by atoms with Crippen molar-refractivity contribution in [1.82, 2.24) is 9.78 Å². The number of aromatic hydroxyl groups is 1. The van der Waals surface area contributed by atoms with E-state index in [1.807, 2.05) is 0 Å². The van der Waals surface area contributed by atoms with E-state index in [-0.39, 0.29) is 5.75 Å². The van der Waals surface area contributed by atoms with Gasteiger partial charge in [-0.3, -0.25) is 4.68 Å². The number of benzene rings is 1. The highest BCUT2D eigenvalue weighted by atomic mass is 35.5. The van der Waals surface area contributed by atoms with Gasteiger partial charge in [0.15, 0.2) is 0 Å². The molecule has 90 valence electrons. The minimum absolute atomic E-state index is 0.0375. The highest BCUT2D eigenvalue weighted by molar-refractivity contribution is 6.32. The Bertz CT molecular complexity index is 566. The van der Waals surface area contributed by atoms with E-state index in [1.54, 1.807) is 19.3 Å². The van der Waals surface area contributed by atoms with Gasteiger partial charge in [-0.05, 0) is 6.07 Å². The molecule has 0 unspecified atom stereocenters. The van der Waals surface area contributed by atoms with E-state index < -0.39 is 0 Å². The molecule has 2 rings (SSSR count). The quantitative estimate of drug-likeness (QED) is 0.859. The maximum Gasteiger partial charge on any atom is 0.138 e. The lowest BCUT2D eigenvalue weighted by Gasteiger charge is -2.08. The molecule has 0 amide bonds. The Labute approximate surface area is 103 Å². The molecule has 5 nitrogen and oxygen atoms in total. The van der Waals surface area contributed by atoms with Crippen molar-refractivity contribution in [2.45, 2.75) is 0 Å². The van der Waals surface area contributed by atoms with Gasteiger partial charge in [-0.1, -0.05) is 11.6 Å². The number of hydrogen-bond acceptors (Lipinski definition) is 4. The van der Waals surface area contributed by atoms with Crippen LogP contribution in [-0.2, 0) is 7.05 Å². The van der Waals surface area contributed by atoms with Gasteiger partial charge in [-0.2, -0.15) is 5.10 Å². The number of phenols is 1. The number of phenolic OH excluding ortho intramolecular Hbond substituents is 1. The smallest absolute Gasteiger partial charge is 0.138 e. The first-order valence-corrected chi connectivity index (χ1v) is 5.26. The summed E-state index contributed by atoms with van der Waals surface area (Å²) in [4.78, 5) is 0. The van der Waals surface area contributed by atoms with Crippen LogP contribution in [0.3, 0.4) is 0 Å².